The molecular formula is C20H31N3O. The van der Waals surface area contributed by atoms with Gasteiger partial charge in [0, 0.05) is 44.8 Å². The summed E-state index contributed by atoms with van der Waals surface area (Å²) in [5.41, 5.74) is 1.35. The van der Waals surface area contributed by atoms with Gasteiger partial charge in [-0.3, -0.25) is 14.6 Å². The molecule has 2 atom stereocenters. The molecule has 0 aromatic heterocycles. The van der Waals surface area contributed by atoms with E-state index in [-0.39, 0.29) is 0 Å². The van der Waals surface area contributed by atoms with Crippen molar-refractivity contribution in [1.29, 1.82) is 0 Å². The predicted octanol–water partition coefficient (Wildman–Crippen LogP) is 2.59. The minimum absolute atomic E-state index is 0.315. The summed E-state index contributed by atoms with van der Waals surface area (Å²) < 4.78 is 0. The van der Waals surface area contributed by atoms with E-state index in [1.54, 1.807) is 0 Å². The molecule has 2 aliphatic rings. The third-order valence-electron chi connectivity index (χ3n) is 5.67. The van der Waals surface area contributed by atoms with Crippen LogP contribution in [0.5, 0.6) is 0 Å². The fourth-order valence-electron chi connectivity index (χ4n) is 4.04. The van der Waals surface area contributed by atoms with Crippen molar-refractivity contribution in [2.24, 2.45) is 0 Å². The number of hydrogen-bond acceptors (Lipinski definition) is 3. The number of benzene rings is 1. The molecule has 0 saturated carbocycles. The number of likely N-dealkylation sites (tertiary alicyclic amines) is 1. The molecule has 0 bridgehead atoms. The quantitative estimate of drug-likeness (QED) is 0.849. The van der Waals surface area contributed by atoms with Crippen LogP contribution >= 0.6 is 0 Å². The van der Waals surface area contributed by atoms with Gasteiger partial charge in [0.2, 0.25) is 5.91 Å². The van der Waals surface area contributed by atoms with Gasteiger partial charge in [0.1, 0.15) is 0 Å². The van der Waals surface area contributed by atoms with E-state index in [0.29, 0.717) is 24.5 Å². The molecule has 0 spiro atoms. The number of carbonyl (C=O) groups excluding carboxylic acids is 1. The molecule has 2 fully saturated rings. The van der Waals surface area contributed by atoms with Gasteiger partial charge in [-0.05, 0) is 32.3 Å². The Kier molecular flexibility index (Phi) is 5.90. The number of hydrogen-bond donors (Lipinski definition) is 0. The van der Waals surface area contributed by atoms with Gasteiger partial charge in [-0.15, -0.1) is 0 Å². The van der Waals surface area contributed by atoms with E-state index in [9.17, 15) is 4.79 Å². The Morgan fingerprint density at radius 1 is 1.00 bits per heavy atom. The standard InChI is InChI=1S/C20H31N3O/c1-17-7-6-8-18(2)23(17)16-20(24)22-13-11-21(12-14-22)15-19-9-4-3-5-10-19/h3-5,9-10,17-18H,6-8,11-16H2,1-2H3. The molecule has 132 valence electrons. The van der Waals surface area contributed by atoms with Crippen molar-refractivity contribution in [3.63, 3.8) is 0 Å². The fourth-order valence-corrected chi connectivity index (χ4v) is 4.04. The zero-order valence-corrected chi connectivity index (χ0v) is 15.2. The molecule has 0 radical (unpaired) electrons. The molecule has 2 unspecified atom stereocenters. The Hall–Kier alpha value is -1.39. The smallest absolute Gasteiger partial charge is 0.236 e. The fraction of sp³-hybridized carbons (Fsp3) is 0.650. The van der Waals surface area contributed by atoms with E-state index in [2.05, 4.69) is 58.9 Å². The van der Waals surface area contributed by atoms with Crippen LogP contribution in [0.2, 0.25) is 0 Å². The summed E-state index contributed by atoms with van der Waals surface area (Å²) in [5.74, 6) is 0.315. The van der Waals surface area contributed by atoms with E-state index in [1.165, 1.54) is 24.8 Å². The van der Waals surface area contributed by atoms with Crippen LogP contribution in [0.4, 0.5) is 0 Å². The SMILES string of the molecule is CC1CCCC(C)N1CC(=O)N1CCN(Cc2ccccc2)CC1. The number of rotatable bonds is 4. The highest BCUT2D eigenvalue weighted by Gasteiger charge is 2.29. The highest BCUT2D eigenvalue weighted by Crippen LogP contribution is 2.22. The van der Waals surface area contributed by atoms with Crippen LogP contribution in [0.25, 0.3) is 0 Å². The molecule has 3 rings (SSSR count). The lowest BCUT2D eigenvalue weighted by molar-refractivity contribution is -0.135. The summed E-state index contributed by atoms with van der Waals surface area (Å²) in [7, 11) is 0. The zero-order valence-electron chi connectivity index (χ0n) is 15.2. The summed E-state index contributed by atoms with van der Waals surface area (Å²) in [4.78, 5) is 19.6. The molecule has 0 N–H and O–H groups in total. The zero-order chi connectivity index (χ0) is 16.9. The molecule has 1 aromatic rings. The summed E-state index contributed by atoms with van der Waals surface area (Å²) in [6.07, 6.45) is 3.75. The maximum Gasteiger partial charge on any atom is 0.236 e. The van der Waals surface area contributed by atoms with Crippen molar-refractivity contribution in [2.75, 3.05) is 32.7 Å². The predicted molar refractivity (Wildman–Crippen MR) is 97.8 cm³/mol. The van der Waals surface area contributed by atoms with Crippen LogP contribution < -0.4 is 0 Å². The molecule has 1 amide bonds. The van der Waals surface area contributed by atoms with E-state index < -0.39 is 0 Å². The summed E-state index contributed by atoms with van der Waals surface area (Å²) in [6, 6.07) is 11.7. The van der Waals surface area contributed by atoms with Gasteiger partial charge in [-0.1, -0.05) is 36.8 Å². The van der Waals surface area contributed by atoms with Gasteiger partial charge >= 0.3 is 0 Å². The van der Waals surface area contributed by atoms with Crippen molar-refractivity contribution in [2.45, 2.75) is 51.7 Å². The first-order chi connectivity index (χ1) is 11.6. The maximum atomic E-state index is 12.7. The Morgan fingerprint density at radius 2 is 1.62 bits per heavy atom. The van der Waals surface area contributed by atoms with Crippen molar-refractivity contribution in [3.05, 3.63) is 35.9 Å². The minimum Gasteiger partial charge on any atom is -0.339 e. The lowest BCUT2D eigenvalue weighted by atomic mass is 9.97. The second-order valence-corrected chi connectivity index (χ2v) is 7.44. The number of piperazine rings is 1. The Morgan fingerprint density at radius 3 is 2.25 bits per heavy atom. The van der Waals surface area contributed by atoms with Crippen molar-refractivity contribution >= 4 is 5.91 Å². The van der Waals surface area contributed by atoms with E-state index in [0.717, 1.165) is 32.7 Å². The van der Waals surface area contributed by atoms with Crippen LogP contribution in [0.15, 0.2) is 30.3 Å². The van der Waals surface area contributed by atoms with Gasteiger partial charge in [0.15, 0.2) is 0 Å². The summed E-state index contributed by atoms with van der Waals surface area (Å²) >= 11 is 0. The lowest BCUT2D eigenvalue weighted by Crippen LogP contribution is -2.53. The van der Waals surface area contributed by atoms with E-state index in [4.69, 9.17) is 0 Å². The number of carbonyl (C=O) groups is 1. The third kappa shape index (κ3) is 4.37. The van der Waals surface area contributed by atoms with E-state index >= 15 is 0 Å². The molecule has 4 heteroatoms. The largest absolute Gasteiger partial charge is 0.339 e. The molecular weight excluding hydrogens is 298 g/mol. The lowest BCUT2D eigenvalue weighted by Gasteiger charge is -2.41. The van der Waals surface area contributed by atoms with Gasteiger partial charge in [0.05, 0.1) is 6.54 Å². The van der Waals surface area contributed by atoms with Crippen LogP contribution in [-0.4, -0.2) is 65.4 Å². The minimum atomic E-state index is 0.315. The van der Waals surface area contributed by atoms with Gasteiger partial charge in [0.25, 0.3) is 0 Å². The Bertz CT molecular complexity index is 515. The Labute approximate surface area is 146 Å². The molecule has 24 heavy (non-hydrogen) atoms. The monoisotopic (exact) mass is 329 g/mol. The molecule has 2 heterocycles. The second kappa shape index (κ2) is 8.13. The van der Waals surface area contributed by atoms with Gasteiger partial charge in [-0.25, -0.2) is 0 Å². The van der Waals surface area contributed by atoms with Crippen molar-refractivity contribution < 1.29 is 4.79 Å². The first-order valence-corrected chi connectivity index (χ1v) is 9.43. The van der Waals surface area contributed by atoms with Crippen molar-refractivity contribution in [3.8, 4) is 0 Å². The van der Waals surface area contributed by atoms with Gasteiger partial charge < -0.3 is 4.90 Å². The highest BCUT2D eigenvalue weighted by molar-refractivity contribution is 5.78. The average Bonchev–Trinajstić information content (AvgIpc) is 2.60. The summed E-state index contributed by atoms with van der Waals surface area (Å²) in [5, 5.41) is 0. The molecule has 2 aliphatic heterocycles. The molecule has 1 aromatic carbocycles. The van der Waals surface area contributed by atoms with Crippen LogP contribution in [0.3, 0.4) is 0 Å². The topological polar surface area (TPSA) is 26.8 Å². The van der Waals surface area contributed by atoms with Crippen LogP contribution in [-0.2, 0) is 11.3 Å². The van der Waals surface area contributed by atoms with Gasteiger partial charge in [-0.2, -0.15) is 0 Å². The van der Waals surface area contributed by atoms with Crippen LogP contribution in [0, 0.1) is 0 Å². The van der Waals surface area contributed by atoms with Crippen LogP contribution in [0.1, 0.15) is 38.7 Å². The molecule has 4 nitrogen and oxygen atoms in total. The Balaban J connectivity index is 1.46. The first-order valence-electron chi connectivity index (χ1n) is 9.43. The summed E-state index contributed by atoms with van der Waals surface area (Å²) in [6.45, 7) is 9.80. The van der Waals surface area contributed by atoms with E-state index in [1.807, 2.05) is 0 Å². The number of piperidine rings is 1. The number of nitrogens with zero attached hydrogens (tertiary/aromatic N) is 3. The highest BCUT2D eigenvalue weighted by atomic mass is 16.2. The number of amides is 1. The average molecular weight is 329 g/mol. The maximum absolute atomic E-state index is 12.7. The first kappa shape index (κ1) is 17.4. The third-order valence-corrected chi connectivity index (χ3v) is 5.67. The molecule has 0 aliphatic carbocycles. The normalized spacial score (nSPS) is 26.5. The second-order valence-electron chi connectivity index (χ2n) is 7.44. The van der Waals surface area contributed by atoms with Crippen molar-refractivity contribution in [1.82, 2.24) is 14.7 Å². The molecule has 2 saturated heterocycles.